The van der Waals surface area contributed by atoms with Gasteiger partial charge in [0.2, 0.25) is 5.91 Å². The molecule has 0 bridgehead atoms. The van der Waals surface area contributed by atoms with E-state index in [2.05, 4.69) is 9.97 Å². The molecular weight excluding hydrogens is 444 g/mol. The fraction of sp³-hybridized carbons (Fsp3) is 0.500. The van der Waals surface area contributed by atoms with Crippen molar-refractivity contribution in [2.75, 3.05) is 46.0 Å². The maximum Gasteiger partial charge on any atom is 0.257 e. The Bertz CT molecular complexity index is 971. The molecule has 2 aliphatic rings. The summed E-state index contributed by atoms with van der Waals surface area (Å²) in [6.07, 6.45) is 4.75. The lowest BCUT2D eigenvalue weighted by Gasteiger charge is -2.42. The zero-order chi connectivity index (χ0) is 23.3. The number of hydrogen-bond donors (Lipinski definition) is 0. The van der Waals surface area contributed by atoms with E-state index in [0.29, 0.717) is 87.3 Å². The lowest BCUT2D eigenvalue weighted by atomic mass is 9.75. The first-order valence-corrected chi connectivity index (χ1v) is 11.6. The second-order valence-electron chi connectivity index (χ2n) is 8.73. The van der Waals surface area contributed by atoms with Crippen LogP contribution in [0.4, 0.5) is 0 Å². The lowest BCUT2D eigenvalue weighted by molar-refractivity contribution is -0.139. The molecule has 2 aliphatic heterocycles. The number of hydrogen-bond acceptors (Lipinski definition) is 6. The van der Waals surface area contributed by atoms with Gasteiger partial charge in [-0.1, -0.05) is 11.6 Å². The number of carbonyl (C=O) groups is 2. The van der Waals surface area contributed by atoms with Gasteiger partial charge in [-0.3, -0.25) is 9.59 Å². The summed E-state index contributed by atoms with van der Waals surface area (Å²) in [4.78, 5) is 38.0. The van der Waals surface area contributed by atoms with Gasteiger partial charge in [-0.25, -0.2) is 9.97 Å². The second-order valence-corrected chi connectivity index (χ2v) is 9.16. The molecule has 0 N–H and O–H groups in total. The first kappa shape index (κ1) is 23.4. The van der Waals surface area contributed by atoms with Gasteiger partial charge in [-0.2, -0.15) is 0 Å². The zero-order valence-electron chi connectivity index (χ0n) is 18.8. The molecule has 2 fully saturated rings. The molecule has 1 aromatic heterocycles. The number of morpholine rings is 1. The summed E-state index contributed by atoms with van der Waals surface area (Å²) in [5.41, 5.74) is 0.834. The van der Waals surface area contributed by atoms with Crippen LogP contribution < -0.4 is 4.74 Å². The van der Waals surface area contributed by atoms with E-state index in [4.69, 9.17) is 21.1 Å². The molecule has 0 aliphatic carbocycles. The first-order valence-electron chi connectivity index (χ1n) is 11.3. The van der Waals surface area contributed by atoms with Crippen molar-refractivity contribution in [1.29, 1.82) is 0 Å². The van der Waals surface area contributed by atoms with Crippen molar-refractivity contribution in [3.63, 3.8) is 0 Å². The van der Waals surface area contributed by atoms with Gasteiger partial charge in [0.1, 0.15) is 12.1 Å². The summed E-state index contributed by atoms with van der Waals surface area (Å²) < 4.78 is 11.5. The standard InChI is InChI=1S/C24H29ClN4O4/c1-18-21(15-26-17-27-18)23(31)29-8-6-24(7-9-29,14-22(30)28-10-12-32-13-11-28)16-33-20-4-2-19(25)3-5-20/h2-5,15,17H,6-14,16H2,1H3. The van der Waals surface area contributed by atoms with Crippen LogP contribution in [0.3, 0.4) is 0 Å². The predicted molar refractivity (Wildman–Crippen MR) is 123 cm³/mol. The number of aromatic nitrogens is 2. The molecule has 3 heterocycles. The third kappa shape index (κ3) is 5.81. The quantitative estimate of drug-likeness (QED) is 0.642. The molecule has 0 unspecified atom stereocenters. The smallest absolute Gasteiger partial charge is 0.257 e. The Kier molecular flexibility index (Phi) is 7.45. The van der Waals surface area contributed by atoms with Gasteiger partial charge in [-0.15, -0.1) is 0 Å². The topological polar surface area (TPSA) is 84.9 Å². The summed E-state index contributed by atoms with van der Waals surface area (Å²) in [6.45, 7) is 5.68. The number of benzene rings is 1. The largest absolute Gasteiger partial charge is 0.493 e. The maximum absolute atomic E-state index is 13.1. The molecule has 9 heteroatoms. The van der Waals surface area contributed by atoms with E-state index < -0.39 is 0 Å². The highest BCUT2D eigenvalue weighted by atomic mass is 35.5. The predicted octanol–water partition coefficient (Wildman–Crippen LogP) is 2.99. The second kappa shape index (κ2) is 10.5. The van der Waals surface area contributed by atoms with Crippen LogP contribution in [0.1, 0.15) is 35.3 Å². The van der Waals surface area contributed by atoms with E-state index in [-0.39, 0.29) is 17.2 Å². The van der Waals surface area contributed by atoms with Crippen molar-refractivity contribution in [2.45, 2.75) is 26.2 Å². The zero-order valence-corrected chi connectivity index (χ0v) is 19.6. The molecule has 2 aromatic rings. The van der Waals surface area contributed by atoms with Gasteiger partial charge < -0.3 is 19.3 Å². The van der Waals surface area contributed by atoms with Crippen LogP contribution in [0.15, 0.2) is 36.8 Å². The summed E-state index contributed by atoms with van der Waals surface area (Å²) in [5.74, 6) is 0.762. The lowest BCUT2D eigenvalue weighted by Crippen LogP contribution is -2.49. The number of halogens is 1. The van der Waals surface area contributed by atoms with E-state index in [0.717, 1.165) is 0 Å². The minimum atomic E-state index is -0.353. The molecule has 0 radical (unpaired) electrons. The Morgan fingerprint density at radius 1 is 1.09 bits per heavy atom. The molecule has 33 heavy (non-hydrogen) atoms. The van der Waals surface area contributed by atoms with Gasteiger partial charge in [-0.05, 0) is 44.0 Å². The van der Waals surface area contributed by atoms with E-state index in [9.17, 15) is 9.59 Å². The average molecular weight is 473 g/mol. The van der Waals surface area contributed by atoms with Crippen LogP contribution in [0, 0.1) is 12.3 Å². The van der Waals surface area contributed by atoms with Gasteiger partial charge in [0.05, 0.1) is 31.1 Å². The molecule has 2 saturated heterocycles. The van der Waals surface area contributed by atoms with Crippen molar-refractivity contribution in [3.8, 4) is 5.75 Å². The normalized spacial score (nSPS) is 18.1. The van der Waals surface area contributed by atoms with Gasteiger partial charge in [0.25, 0.3) is 5.91 Å². The van der Waals surface area contributed by atoms with Crippen LogP contribution in [0.5, 0.6) is 5.75 Å². The Morgan fingerprint density at radius 2 is 1.79 bits per heavy atom. The van der Waals surface area contributed by atoms with E-state index in [1.54, 1.807) is 18.3 Å². The average Bonchev–Trinajstić information content (AvgIpc) is 2.85. The Balaban J connectivity index is 1.45. The SMILES string of the molecule is Cc1ncncc1C(=O)N1CCC(COc2ccc(Cl)cc2)(CC(=O)N2CCOCC2)CC1. The number of amides is 2. The summed E-state index contributed by atoms with van der Waals surface area (Å²) in [5, 5.41) is 0.645. The number of piperidine rings is 1. The summed E-state index contributed by atoms with van der Waals surface area (Å²) in [6, 6.07) is 7.23. The van der Waals surface area contributed by atoms with Gasteiger partial charge >= 0.3 is 0 Å². The minimum Gasteiger partial charge on any atom is -0.493 e. The maximum atomic E-state index is 13.1. The van der Waals surface area contributed by atoms with E-state index in [1.807, 2.05) is 28.9 Å². The van der Waals surface area contributed by atoms with Gasteiger partial charge in [0, 0.05) is 49.2 Å². The number of nitrogens with zero attached hydrogens (tertiary/aromatic N) is 4. The van der Waals surface area contributed by atoms with Crippen LogP contribution in [-0.4, -0.2) is 77.6 Å². The number of carbonyl (C=O) groups excluding carboxylic acids is 2. The van der Waals surface area contributed by atoms with Gasteiger partial charge in [0.15, 0.2) is 0 Å². The Morgan fingerprint density at radius 3 is 2.45 bits per heavy atom. The highest BCUT2D eigenvalue weighted by Gasteiger charge is 2.40. The van der Waals surface area contributed by atoms with Crippen LogP contribution >= 0.6 is 11.6 Å². The van der Waals surface area contributed by atoms with Crippen molar-refractivity contribution in [3.05, 3.63) is 53.1 Å². The molecule has 0 atom stereocenters. The third-order valence-electron chi connectivity index (χ3n) is 6.50. The minimum absolute atomic E-state index is 0.0696. The van der Waals surface area contributed by atoms with Crippen LogP contribution in [-0.2, 0) is 9.53 Å². The molecule has 0 spiro atoms. The summed E-state index contributed by atoms with van der Waals surface area (Å²) in [7, 11) is 0. The Hall–Kier alpha value is -2.71. The van der Waals surface area contributed by atoms with Crippen molar-refractivity contribution < 1.29 is 19.1 Å². The molecule has 176 valence electrons. The van der Waals surface area contributed by atoms with Crippen LogP contribution in [0.25, 0.3) is 0 Å². The monoisotopic (exact) mass is 472 g/mol. The molecule has 2 amide bonds. The molecule has 0 saturated carbocycles. The first-order chi connectivity index (χ1) is 16.0. The Labute approximate surface area is 198 Å². The molecule has 8 nitrogen and oxygen atoms in total. The van der Waals surface area contributed by atoms with E-state index in [1.165, 1.54) is 6.33 Å². The van der Waals surface area contributed by atoms with E-state index >= 15 is 0 Å². The summed E-state index contributed by atoms with van der Waals surface area (Å²) >= 11 is 5.99. The van der Waals surface area contributed by atoms with Crippen molar-refractivity contribution in [1.82, 2.24) is 19.8 Å². The molecular formula is C24H29ClN4O4. The van der Waals surface area contributed by atoms with Crippen molar-refractivity contribution in [2.24, 2.45) is 5.41 Å². The number of ether oxygens (including phenoxy) is 2. The number of likely N-dealkylation sites (tertiary alicyclic amines) is 1. The fourth-order valence-electron chi connectivity index (χ4n) is 4.34. The molecule has 4 rings (SSSR count). The fourth-order valence-corrected chi connectivity index (χ4v) is 4.47. The van der Waals surface area contributed by atoms with Crippen molar-refractivity contribution >= 4 is 23.4 Å². The number of aryl methyl sites for hydroxylation is 1. The van der Waals surface area contributed by atoms with Crippen LogP contribution in [0.2, 0.25) is 5.02 Å². The highest BCUT2D eigenvalue weighted by molar-refractivity contribution is 6.30. The third-order valence-corrected chi connectivity index (χ3v) is 6.75. The molecule has 1 aromatic carbocycles. The number of rotatable bonds is 6. The highest BCUT2D eigenvalue weighted by Crippen LogP contribution is 2.37.